The molecule has 0 fully saturated rings. The van der Waals surface area contributed by atoms with Gasteiger partial charge in [-0.3, -0.25) is 0 Å². The van der Waals surface area contributed by atoms with E-state index in [1.54, 1.807) is 0 Å². The lowest BCUT2D eigenvalue weighted by Gasteiger charge is -2.33. The van der Waals surface area contributed by atoms with Crippen LogP contribution in [0.3, 0.4) is 0 Å². The molecule has 0 nitrogen and oxygen atoms in total. The summed E-state index contributed by atoms with van der Waals surface area (Å²) >= 11 is 0.721. The van der Waals surface area contributed by atoms with Crippen molar-refractivity contribution in [2.24, 2.45) is 0 Å². The molecule has 0 spiro atoms. The molecule has 0 aliphatic rings. The predicted octanol–water partition coefficient (Wildman–Crippen LogP) is 6.87. The van der Waals surface area contributed by atoms with Gasteiger partial charge in [-0.15, -0.1) is 0 Å². The molecule has 27 heavy (non-hydrogen) atoms. The second-order valence-electron chi connectivity index (χ2n) is 5.04. The number of rotatable bonds is 2. The van der Waals surface area contributed by atoms with Gasteiger partial charge in [0.25, 0.3) is 0 Å². The maximum atomic E-state index is 13.9. The highest BCUT2D eigenvalue weighted by Gasteiger charge is 2.76. The molecule has 1 aromatic rings. The van der Waals surface area contributed by atoms with E-state index in [1.165, 1.54) is 0 Å². The first-order valence-corrected chi connectivity index (χ1v) is 7.15. The topological polar surface area (TPSA) is 0 Å². The summed E-state index contributed by atoms with van der Waals surface area (Å²) in [5.41, 5.74) is -18.0. The van der Waals surface area contributed by atoms with Crippen LogP contribution in [0.25, 0.3) is 0 Å². The van der Waals surface area contributed by atoms with Crippen molar-refractivity contribution in [2.45, 2.75) is 36.0 Å². The van der Waals surface area contributed by atoms with Crippen LogP contribution in [-0.4, -0.2) is 24.7 Å². The van der Waals surface area contributed by atoms with Crippen LogP contribution in [0, 0.1) is 3.57 Å². The number of hydrogen-bond acceptors (Lipinski definition) is 0. The van der Waals surface area contributed by atoms with E-state index in [1.807, 2.05) is 0 Å². The highest BCUT2D eigenvalue weighted by Crippen LogP contribution is 2.57. The minimum Gasteiger partial charge on any atom is -0.218 e. The van der Waals surface area contributed by atoms with Gasteiger partial charge in [-0.25, -0.2) is 8.78 Å². The molecule has 156 valence electrons. The second-order valence-corrected chi connectivity index (χ2v) is 6.28. The molecule has 0 aliphatic carbocycles. The van der Waals surface area contributed by atoms with Gasteiger partial charge in [-0.1, -0.05) is 0 Å². The zero-order chi connectivity index (χ0) is 21.9. The highest BCUT2D eigenvalue weighted by atomic mass is 127. The molecule has 1 aromatic carbocycles. The van der Waals surface area contributed by atoms with Crippen LogP contribution in [0.1, 0.15) is 11.1 Å². The Kier molecular flexibility index (Phi) is 5.78. The molecule has 0 N–H and O–H groups in total. The van der Waals surface area contributed by atoms with Gasteiger partial charge in [-0.05, 0) is 40.8 Å². The van der Waals surface area contributed by atoms with Crippen LogP contribution in [0.5, 0.6) is 0 Å². The highest BCUT2D eigenvalue weighted by molar-refractivity contribution is 14.1. The van der Waals surface area contributed by atoms with Crippen molar-refractivity contribution in [1.82, 2.24) is 0 Å². The van der Waals surface area contributed by atoms with Crippen molar-refractivity contribution in [3.05, 3.63) is 32.9 Å². The second kappa shape index (κ2) is 6.50. The monoisotopic (exact) mass is 540 g/mol. The van der Waals surface area contributed by atoms with Gasteiger partial charge >= 0.3 is 36.0 Å². The van der Waals surface area contributed by atoms with Gasteiger partial charge < -0.3 is 0 Å². The first-order valence-electron chi connectivity index (χ1n) is 6.07. The Labute approximate surface area is 153 Å². The van der Waals surface area contributed by atoms with E-state index in [4.69, 9.17) is 0 Å². The lowest BCUT2D eigenvalue weighted by molar-refractivity contribution is -0.350. The average molecular weight is 540 g/mol. The molecule has 0 saturated carbocycles. The summed E-state index contributed by atoms with van der Waals surface area (Å²) in [6.45, 7) is 0. The number of halogens is 15. The molecule has 0 atom stereocenters. The fourth-order valence-electron chi connectivity index (χ4n) is 1.96. The third-order valence-electron chi connectivity index (χ3n) is 3.26. The third-order valence-corrected chi connectivity index (χ3v) is 3.88. The van der Waals surface area contributed by atoms with Gasteiger partial charge in [0, 0.05) is 14.7 Å². The summed E-state index contributed by atoms with van der Waals surface area (Å²) in [6, 6.07) is -1.68. The van der Waals surface area contributed by atoms with Crippen molar-refractivity contribution in [1.29, 1.82) is 0 Å². The van der Waals surface area contributed by atoms with E-state index in [0.717, 1.165) is 22.6 Å². The van der Waals surface area contributed by atoms with Gasteiger partial charge in [0.1, 0.15) is 0 Å². The molecular weight excluding hydrogens is 537 g/mol. The fraction of sp³-hybridized carbons (Fsp3) is 0.500. The van der Waals surface area contributed by atoms with Crippen LogP contribution in [-0.2, 0) is 11.3 Å². The average Bonchev–Trinajstić information content (AvgIpc) is 2.39. The van der Waals surface area contributed by atoms with Crippen LogP contribution < -0.4 is 0 Å². The number of benzene rings is 1. The number of hydrogen-bond donors (Lipinski definition) is 0. The fourth-order valence-corrected chi connectivity index (χ4v) is 2.63. The Morgan fingerprint density at radius 3 is 0.852 bits per heavy atom. The van der Waals surface area contributed by atoms with Gasteiger partial charge in [-0.2, -0.15) is 52.7 Å². The van der Waals surface area contributed by atoms with Crippen molar-refractivity contribution in [3.8, 4) is 0 Å². The summed E-state index contributed by atoms with van der Waals surface area (Å²) in [6.07, 6.45) is -27.3. The maximum Gasteiger partial charge on any atom is 0.435 e. The van der Waals surface area contributed by atoms with Crippen LogP contribution in [0.2, 0.25) is 0 Å². The summed E-state index contributed by atoms with van der Waals surface area (Å²) < 4.78 is 179. The lowest BCUT2D eigenvalue weighted by Crippen LogP contribution is -2.52. The maximum absolute atomic E-state index is 13.9. The van der Waals surface area contributed by atoms with Crippen LogP contribution in [0.15, 0.2) is 18.2 Å². The molecule has 0 unspecified atom stereocenters. The quantitative estimate of drug-likeness (QED) is 0.284. The van der Waals surface area contributed by atoms with E-state index in [0.29, 0.717) is 0 Å². The van der Waals surface area contributed by atoms with Gasteiger partial charge in [0.2, 0.25) is 0 Å². The predicted molar refractivity (Wildman–Crippen MR) is 69.0 cm³/mol. The molecule has 0 amide bonds. The first-order chi connectivity index (χ1) is 11.6. The normalized spacial score (nSPS) is 15.2. The first kappa shape index (κ1) is 24.0. The van der Waals surface area contributed by atoms with Crippen LogP contribution in [0.4, 0.5) is 61.5 Å². The van der Waals surface area contributed by atoms with Crippen molar-refractivity contribution in [2.75, 3.05) is 0 Å². The molecule has 0 saturated heterocycles. The Morgan fingerprint density at radius 1 is 0.444 bits per heavy atom. The van der Waals surface area contributed by atoms with Crippen molar-refractivity contribution < 1.29 is 61.5 Å². The molecule has 0 aliphatic heterocycles. The summed E-state index contributed by atoms with van der Waals surface area (Å²) in [4.78, 5) is 0. The van der Waals surface area contributed by atoms with E-state index < -0.39 is 56.8 Å². The Morgan fingerprint density at radius 2 is 0.667 bits per heavy atom. The molecule has 15 heteroatoms. The number of alkyl halides is 14. The Hall–Kier alpha value is -1.03. The van der Waals surface area contributed by atoms with Crippen molar-refractivity contribution >= 4 is 22.6 Å². The Bertz CT molecular complexity index is 608. The third kappa shape index (κ3) is 3.79. The van der Waals surface area contributed by atoms with Crippen molar-refractivity contribution in [3.63, 3.8) is 0 Å². The van der Waals surface area contributed by atoms with E-state index >= 15 is 0 Å². The lowest BCUT2D eigenvalue weighted by atomic mass is 9.87. The SMILES string of the molecule is FC(F)(F)C(F)(c1cc(I)cc(C(F)(C(F)(F)F)C(F)(F)F)c1)C(F)(F)F. The Balaban J connectivity index is 3.94. The largest absolute Gasteiger partial charge is 0.435 e. The van der Waals surface area contributed by atoms with Crippen LogP contribution >= 0.6 is 22.6 Å². The van der Waals surface area contributed by atoms with Gasteiger partial charge in [0.15, 0.2) is 0 Å². The van der Waals surface area contributed by atoms with E-state index in [-0.39, 0.29) is 12.1 Å². The molecule has 0 heterocycles. The zero-order valence-electron chi connectivity index (χ0n) is 11.9. The molecule has 0 aromatic heterocycles. The summed E-state index contributed by atoms with van der Waals surface area (Å²) in [5, 5.41) is 0. The zero-order valence-corrected chi connectivity index (χ0v) is 14.1. The minimum atomic E-state index is -6.82. The summed E-state index contributed by atoms with van der Waals surface area (Å²) in [7, 11) is 0. The smallest absolute Gasteiger partial charge is 0.218 e. The van der Waals surface area contributed by atoms with E-state index in [2.05, 4.69) is 0 Å². The summed E-state index contributed by atoms with van der Waals surface area (Å²) in [5.74, 6) is 0. The molecule has 0 radical (unpaired) electrons. The van der Waals surface area contributed by atoms with E-state index in [9.17, 15) is 61.5 Å². The molecule has 0 bridgehead atoms. The molecular formula is C12H3F14I. The minimum absolute atomic E-state index is 0.293. The molecule has 1 rings (SSSR count). The van der Waals surface area contributed by atoms with Gasteiger partial charge in [0.05, 0.1) is 0 Å². The standard InChI is InChI=1S/C12H3F14I/c13-7(9(15,16)17,10(18,19)20)4-1-5(3-6(27)2-4)8(14,11(21,22)23)12(24,25)26/h1-3H.